The van der Waals surface area contributed by atoms with Crippen LogP contribution in [0.2, 0.25) is 0 Å². The fraction of sp³-hybridized carbons (Fsp3) is 0.417. The zero-order valence-electron chi connectivity index (χ0n) is 20.2. The highest BCUT2D eigenvalue weighted by molar-refractivity contribution is 7.89. The predicted molar refractivity (Wildman–Crippen MR) is 132 cm³/mol. The molecule has 3 rings (SSSR count). The molecule has 1 saturated heterocycles. The monoisotopic (exact) mass is 505 g/mol. The van der Waals surface area contributed by atoms with Crippen LogP contribution in [0.15, 0.2) is 45.7 Å². The second-order valence-electron chi connectivity index (χ2n) is 7.81. The van der Waals surface area contributed by atoms with Crippen molar-refractivity contribution in [2.45, 2.75) is 25.7 Å². The molecule has 0 saturated carbocycles. The number of furan rings is 1. The summed E-state index contributed by atoms with van der Waals surface area (Å²) in [5.41, 5.74) is 0.995. The van der Waals surface area contributed by atoms with Gasteiger partial charge in [-0.1, -0.05) is 0 Å². The number of anilines is 2. The molecule has 11 heteroatoms. The van der Waals surface area contributed by atoms with Gasteiger partial charge in [0.25, 0.3) is 5.91 Å². The van der Waals surface area contributed by atoms with Crippen LogP contribution in [0.4, 0.5) is 11.4 Å². The van der Waals surface area contributed by atoms with E-state index >= 15 is 0 Å². The molecule has 0 spiro atoms. The summed E-state index contributed by atoms with van der Waals surface area (Å²) in [5.74, 6) is -0.0953. The van der Waals surface area contributed by atoms with Crippen molar-refractivity contribution in [1.29, 1.82) is 0 Å². The summed E-state index contributed by atoms with van der Waals surface area (Å²) in [7, 11) is -3.75. The van der Waals surface area contributed by atoms with Crippen molar-refractivity contribution >= 4 is 39.4 Å². The van der Waals surface area contributed by atoms with Gasteiger partial charge in [-0.05, 0) is 57.2 Å². The number of rotatable bonds is 10. The van der Waals surface area contributed by atoms with E-state index in [0.717, 1.165) is 0 Å². The van der Waals surface area contributed by atoms with Crippen molar-refractivity contribution < 1.29 is 31.9 Å². The van der Waals surface area contributed by atoms with E-state index in [2.05, 4.69) is 5.32 Å². The van der Waals surface area contributed by atoms with E-state index in [1.807, 2.05) is 18.7 Å². The minimum Gasteiger partial charge on any atom is -0.462 e. The highest BCUT2D eigenvalue weighted by Gasteiger charge is 2.27. The molecule has 190 valence electrons. The van der Waals surface area contributed by atoms with Crippen LogP contribution in [0, 0.1) is 6.92 Å². The number of esters is 1. The molecule has 10 nitrogen and oxygen atoms in total. The number of amides is 1. The van der Waals surface area contributed by atoms with Gasteiger partial charge in [0, 0.05) is 32.3 Å². The summed E-state index contributed by atoms with van der Waals surface area (Å²) in [6.07, 6.45) is 2.62. The molecule has 35 heavy (non-hydrogen) atoms. The normalized spacial score (nSPS) is 14.7. The number of benzene rings is 1. The number of nitrogens with zero attached hydrogens (tertiary/aromatic N) is 2. The van der Waals surface area contributed by atoms with Gasteiger partial charge in [-0.25, -0.2) is 13.2 Å². The highest BCUT2D eigenvalue weighted by Crippen LogP contribution is 2.30. The Morgan fingerprint density at radius 1 is 1.14 bits per heavy atom. The first kappa shape index (κ1) is 26.5. The SMILES string of the molecule is CCN(CC)c1ccc(S(=O)(=O)N2CCOCC2)cc1NC(=O)COC(=O)/C=C/c1ccc(C)o1. The molecular formula is C24H31N3O7S. The fourth-order valence-corrected chi connectivity index (χ4v) is 5.05. The molecule has 1 aliphatic heterocycles. The molecule has 1 N–H and O–H groups in total. The van der Waals surface area contributed by atoms with Gasteiger partial charge in [0.2, 0.25) is 10.0 Å². The number of carbonyl (C=O) groups excluding carboxylic acids is 2. The number of morpholine rings is 1. The lowest BCUT2D eigenvalue weighted by molar-refractivity contribution is -0.142. The van der Waals surface area contributed by atoms with E-state index < -0.39 is 28.5 Å². The average molecular weight is 506 g/mol. The summed E-state index contributed by atoms with van der Waals surface area (Å²) >= 11 is 0. The van der Waals surface area contributed by atoms with Crippen LogP contribution in [0.3, 0.4) is 0 Å². The molecule has 1 aromatic heterocycles. The number of nitrogens with one attached hydrogen (secondary N) is 1. The van der Waals surface area contributed by atoms with E-state index in [1.54, 1.807) is 25.1 Å². The zero-order chi connectivity index (χ0) is 25.4. The van der Waals surface area contributed by atoms with E-state index in [9.17, 15) is 18.0 Å². The van der Waals surface area contributed by atoms with Crippen LogP contribution in [0.5, 0.6) is 0 Å². The topological polar surface area (TPSA) is 118 Å². The zero-order valence-corrected chi connectivity index (χ0v) is 21.0. The molecule has 2 aromatic rings. The van der Waals surface area contributed by atoms with Crippen LogP contribution in [-0.2, 0) is 29.1 Å². The molecule has 1 aliphatic rings. The Kier molecular flexibility index (Phi) is 9.07. The predicted octanol–water partition coefficient (Wildman–Crippen LogP) is 2.65. The number of hydrogen-bond acceptors (Lipinski definition) is 8. The second kappa shape index (κ2) is 12.0. The quantitative estimate of drug-likeness (QED) is 0.387. The van der Waals surface area contributed by atoms with Crippen molar-refractivity contribution in [2.24, 2.45) is 0 Å². The van der Waals surface area contributed by atoms with Gasteiger partial charge in [0.05, 0.1) is 29.5 Å². The lowest BCUT2D eigenvalue weighted by Crippen LogP contribution is -2.40. The molecule has 2 heterocycles. The number of carbonyl (C=O) groups is 2. The highest BCUT2D eigenvalue weighted by atomic mass is 32.2. The second-order valence-corrected chi connectivity index (χ2v) is 9.74. The summed E-state index contributed by atoms with van der Waals surface area (Å²) in [4.78, 5) is 26.6. The first-order valence-corrected chi connectivity index (χ1v) is 12.9. The Morgan fingerprint density at radius 2 is 1.86 bits per heavy atom. The Bertz CT molecular complexity index is 1160. The third-order valence-electron chi connectivity index (χ3n) is 5.44. The Balaban J connectivity index is 1.73. The third-order valence-corrected chi connectivity index (χ3v) is 7.34. The Labute approximate surface area is 205 Å². The number of hydrogen-bond donors (Lipinski definition) is 1. The van der Waals surface area contributed by atoms with E-state index in [0.29, 0.717) is 49.2 Å². The van der Waals surface area contributed by atoms with Crippen LogP contribution in [0.1, 0.15) is 25.4 Å². The summed E-state index contributed by atoms with van der Waals surface area (Å²) in [6, 6.07) is 8.13. The molecule has 0 bridgehead atoms. The summed E-state index contributed by atoms with van der Waals surface area (Å²) < 4.78 is 43.2. The van der Waals surface area contributed by atoms with Gasteiger partial charge in [0.1, 0.15) is 11.5 Å². The van der Waals surface area contributed by atoms with Gasteiger partial charge in [-0.3, -0.25) is 4.79 Å². The van der Waals surface area contributed by atoms with Crippen LogP contribution in [-0.4, -0.2) is 70.6 Å². The lowest BCUT2D eigenvalue weighted by atomic mass is 10.2. The standard InChI is InChI=1S/C24H31N3O7S/c1-4-26(5-2)22-10-9-20(35(30,31)27-12-14-32-15-13-27)16-21(22)25-23(28)17-33-24(29)11-8-19-7-6-18(3)34-19/h6-11,16H,4-5,12-15,17H2,1-3H3,(H,25,28)/b11-8+. The summed E-state index contributed by atoms with van der Waals surface area (Å²) in [6.45, 7) is 7.68. The van der Waals surface area contributed by atoms with E-state index in [4.69, 9.17) is 13.9 Å². The summed E-state index contributed by atoms with van der Waals surface area (Å²) in [5, 5.41) is 2.70. The molecule has 1 amide bonds. The molecule has 0 radical (unpaired) electrons. The van der Waals surface area contributed by atoms with Gasteiger partial charge in [-0.15, -0.1) is 0 Å². The molecule has 1 fully saturated rings. The van der Waals surface area contributed by atoms with E-state index in [1.165, 1.54) is 28.6 Å². The maximum Gasteiger partial charge on any atom is 0.331 e. The van der Waals surface area contributed by atoms with Crippen LogP contribution in [0.25, 0.3) is 6.08 Å². The van der Waals surface area contributed by atoms with Crippen LogP contribution >= 0.6 is 0 Å². The number of sulfonamides is 1. The molecule has 0 unspecified atom stereocenters. The molecule has 1 aromatic carbocycles. The van der Waals surface area contributed by atoms with E-state index in [-0.39, 0.29) is 18.0 Å². The number of ether oxygens (including phenoxy) is 2. The molecular weight excluding hydrogens is 474 g/mol. The first-order chi connectivity index (χ1) is 16.7. The molecule has 0 atom stereocenters. The lowest BCUT2D eigenvalue weighted by Gasteiger charge is -2.28. The van der Waals surface area contributed by atoms with Gasteiger partial charge in [-0.2, -0.15) is 4.31 Å². The first-order valence-electron chi connectivity index (χ1n) is 11.4. The van der Waals surface area contributed by atoms with Crippen LogP contribution < -0.4 is 10.2 Å². The largest absolute Gasteiger partial charge is 0.462 e. The maximum absolute atomic E-state index is 13.1. The van der Waals surface area contributed by atoms with Crippen molar-refractivity contribution in [3.05, 3.63) is 47.9 Å². The Morgan fingerprint density at radius 3 is 2.49 bits per heavy atom. The van der Waals surface area contributed by atoms with Crippen molar-refractivity contribution in [2.75, 3.05) is 56.2 Å². The van der Waals surface area contributed by atoms with Gasteiger partial charge >= 0.3 is 5.97 Å². The van der Waals surface area contributed by atoms with Gasteiger partial charge < -0.3 is 24.1 Å². The average Bonchev–Trinajstić information content (AvgIpc) is 3.28. The number of aryl methyl sites for hydroxylation is 1. The van der Waals surface area contributed by atoms with Gasteiger partial charge in [0.15, 0.2) is 6.61 Å². The minimum absolute atomic E-state index is 0.0688. The Hall–Kier alpha value is -3.15. The molecule has 0 aliphatic carbocycles. The minimum atomic E-state index is -3.75. The third kappa shape index (κ3) is 6.93. The fourth-order valence-electron chi connectivity index (χ4n) is 3.62. The van der Waals surface area contributed by atoms with Crippen molar-refractivity contribution in [1.82, 2.24) is 4.31 Å². The van der Waals surface area contributed by atoms with Crippen molar-refractivity contribution in [3.63, 3.8) is 0 Å². The van der Waals surface area contributed by atoms with Crippen molar-refractivity contribution in [3.8, 4) is 0 Å². The smallest absolute Gasteiger partial charge is 0.331 e. The maximum atomic E-state index is 13.1.